The van der Waals surface area contributed by atoms with Crippen LogP contribution in [0, 0.1) is 0 Å². The van der Waals surface area contributed by atoms with Crippen molar-refractivity contribution in [2.75, 3.05) is 13.2 Å². The van der Waals surface area contributed by atoms with Crippen LogP contribution >= 0.6 is 7.82 Å². The van der Waals surface area contributed by atoms with Crippen LogP contribution in [0.25, 0.3) is 0 Å². The zero-order chi connectivity index (χ0) is 9.61. The lowest BCUT2D eigenvalue weighted by Gasteiger charge is -1.94. The second-order valence-electron chi connectivity index (χ2n) is 1.68. The van der Waals surface area contributed by atoms with E-state index in [0.717, 1.165) is 6.08 Å². The average Bonchev–Trinajstić information content (AvgIpc) is 2.35. The lowest BCUT2D eigenvalue weighted by molar-refractivity contribution is -0.131. The lowest BCUT2D eigenvalue weighted by Crippen LogP contribution is -1.82. The van der Waals surface area contributed by atoms with Gasteiger partial charge >= 0.3 is 13.8 Å². The maximum absolute atomic E-state index is 10.1. The van der Waals surface area contributed by atoms with Gasteiger partial charge in [0, 0.05) is 6.08 Å². The largest absolute Gasteiger partial charge is 0.478 e. The van der Waals surface area contributed by atoms with E-state index in [1.165, 1.54) is 0 Å². The van der Waals surface area contributed by atoms with Crippen LogP contribution in [-0.2, 0) is 18.4 Å². The fourth-order valence-electron chi connectivity index (χ4n) is 0.343. The van der Waals surface area contributed by atoms with Crippen LogP contribution in [0.4, 0.5) is 0 Å². The zero-order valence-corrected chi connectivity index (χ0v) is 7.07. The quantitative estimate of drug-likeness (QED) is 0.465. The second kappa shape index (κ2) is 5.05. The molecule has 0 atom stereocenters. The number of rotatable bonds is 1. The highest BCUT2D eigenvalue weighted by atomic mass is 31.2. The van der Waals surface area contributed by atoms with Crippen LogP contribution in [-0.4, -0.2) is 29.2 Å². The third-order valence-electron chi connectivity index (χ3n) is 0.767. The van der Waals surface area contributed by atoms with Gasteiger partial charge in [0.2, 0.25) is 0 Å². The van der Waals surface area contributed by atoms with E-state index in [1.54, 1.807) is 0 Å². The van der Waals surface area contributed by atoms with Gasteiger partial charge in [-0.2, -0.15) is 0 Å². The molecule has 0 aromatic rings. The monoisotopic (exact) mass is 196 g/mol. The summed E-state index contributed by atoms with van der Waals surface area (Å²) in [6, 6.07) is 0. The van der Waals surface area contributed by atoms with Gasteiger partial charge in [-0.3, -0.25) is 9.05 Å². The van der Waals surface area contributed by atoms with Crippen LogP contribution in [0.5, 0.6) is 0 Å². The Labute approximate surface area is 69.0 Å². The molecule has 1 saturated heterocycles. The normalized spacial score (nSPS) is 19.1. The maximum atomic E-state index is 10.1. The van der Waals surface area contributed by atoms with Crippen molar-refractivity contribution in [3.05, 3.63) is 12.7 Å². The number of aliphatic carboxylic acids is 1. The molecule has 1 rings (SSSR count). The predicted molar refractivity (Wildman–Crippen MR) is 39.6 cm³/mol. The molecular weight excluding hydrogens is 187 g/mol. The van der Waals surface area contributed by atoms with Crippen molar-refractivity contribution in [3.8, 4) is 0 Å². The number of hydrogen-bond acceptors (Lipinski definition) is 4. The molecule has 0 bridgehead atoms. The maximum Gasteiger partial charge on any atom is 0.472 e. The number of phosphoric ester groups is 1. The molecule has 2 N–H and O–H groups in total. The van der Waals surface area contributed by atoms with E-state index in [9.17, 15) is 9.36 Å². The molecule has 0 aromatic heterocycles. The third-order valence-corrected chi connectivity index (χ3v) is 1.78. The number of carboxylic acid groups (broad SMARTS) is 1. The summed E-state index contributed by atoms with van der Waals surface area (Å²) < 4.78 is 18.6. The highest BCUT2D eigenvalue weighted by Gasteiger charge is 2.26. The Kier molecular flexibility index (Phi) is 4.77. The summed E-state index contributed by atoms with van der Waals surface area (Å²) in [5.41, 5.74) is 0. The van der Waals surface area contributed by atoms with Gasteiger partial charge in [-0.25, -0.2) is 9.36 Å². The Hall–Kier alpha value is -0.680. The van der Waals surface area contributed by atoms with Crippen molar-refractivity contribution in [2.45, 2.75) is 0 Å². The number of carbonyl (C=O) groups is 1. The summed E-state index contributed by atoms with van der Waals surface area (Å²) in [5, 5.41) is 7.60. The van der Waals surface area contributed by atoms with E-state index in [0.29, 0.717) is 0 Å². The molecule has 7 heteroatoms. The summed E-state index contributed by atoms with van der Waals surface area (Å²) in [6.45, 7) is 3.42. The predicted octanol–water partition coefficient (Wildman–Crippen LogP) is 0.391. The lowest BCUT2D eigenvalue weighted by atomic mass is 10.7. The van der Waals surface area contributed by atoms with Gasteiger partial charge in [0.25, 0.3) is 0 Å². The van der Waals surface area contributed by atoms with Gasteiger partial charge in [-0.1, -0.05) is 6.58 Å². The molecule has 0 radical (unpaired) electrons. The van der Waals surface area contributed by atoms with E-state index < -0.39 is 13.8 Å². The summed E-state index contributed by atoms with van der Waals surface area (Å²) in [5.74, 6) is -0.981. The van der Waals surface area contributed by atoms with Crippen molar-refractivity contribution in [1.29, 1.82) is 0 Å². The van der Waals surface area contributed by atoms with Gasteiger partial charge in [0.05, 0.1) is 13.2 Å². The minimum atomic E-state index is -3.54. The molecule has 0 saturated carbocycles. The van der Waals surface area contributed by atoms with Gasteiger partial charge < -0.3 is 10.00 Å². The smallest absolute Gasteiger partial charge is 0.472 e. The first-order valence-corrected chi connectivity index (χ1v) is 4.45. The standard InChI is InChI=1S/C3H4O2.C2H5O4P/c1-2-3(4)5;3-7(4)5-1-2-6-7/h2H,1H2,(H,4,5);1-2H2,(H,3,4). The van der Waals surface area contributed by atoms with Crippen molar-refractivity contribution >= 4 is 13.8 Å². The number of phosphoric acid groups is 1. The summed E-state index contributed by atoms with van der Waals surface area (Å²) in [4.78, 5) is 17.6. The molecule has 1 heterocycles. The van der Waals surface area contributed by atoms with Crippen LogP contribution in [0.3, 0.4) is 0 Å². The molecule has 12 heavy (non-hydrogen) atoms. The Balaban J connectivity index is 0.000000217. The molecule has 0 unspecified atom stereocenters. The van der Waals surface area contributed by atoms with E-state index in [2.05, 4.69) is 15.6 Å². The Morgan fingerprint density at radius 2 is 1.83 bits per heavy atom. The first-order valence-electron chi connectivity index (χ1n) is 2.95. The molecule has 1 fully saturated rings. The number of carboxylic acids is 1. The van der Waals surface area contributed by atoms with E-state index in [-0.39, 0.29) is 13.2 Å². The molecule has 0 aliphatic carbocycles. The fourth-order valence-corrected chi connectivity index (χ4v) is 1.03. The average molecular weight is 196 g/mol. The third kappa shape index (κ3) is 6.06. The molecule has 6 nitrogen and oxygen atoms in total. The molecule has 0 spiro atoms. The topological polar surface area (TPSA) is 93.1 Å². The van der Waals surface area contributed by atoms with Crippen molar-refractivity contribution in [3.63, 3.8) is 0 Å². The highest BCUT2D eigenvalue weighted by Crippen LogP contribution is 2.46. The molecule has 0 aromatic carbocycles. The SMILES string of the molecule is C=CC(=O)O.O=P1(O)OCCO1. The van der Waals surface area contributed by atoms with Crippen LogP contribution in [0.2, 0.25) is 0 Å². The minimum absolute atomic E-state index is 0.230. The molecule has 1 aliphatic rings. The molecule has 1 aliphatic heterocycles. The van der Waals surface area contributed by atoms with Crippen LogP contribution in [0.1, 0.15) is 0 Å². The molecular formula is C5H9O6P. The van der Waals surface area contributed by atoms with E-state index in [1.807, 2.05) is 0 Å². The van der Waals surface area contributed by atoms with Gasteiger partial charge in [-0.15, -0.1) is 0 Å². The first-order chi connectivity index (χ1) is 5.48. The van der Waals surface area contributed by atoms with Crippen molar-refractivity contribution in [2.24, 2.45) is 0 Å². The van der Waals surface area contributed by atoms with E-state index >= 15 is 0 Å². The second-order valence-corrected chi connectivity index (χ2v) is 3.13. The summed E-state index contributed by atoms with van der Waals surface area (Å²) in [7, 11) is -3.54. The molecule has 0 amide bonds. The van der Waals surface area contributed by atoms with Gasteiger partial charge in [0.15, 0.2) is 0 Å². The first kappa shape index (κ1) is 11.3. The number of hydrogen-bond donors (Lipinski definition) is 2. The Morgan fingerprint density at radius 3 is 1.92 bits per heavy atom. The Morgan fingerprint density at radius 1 is 1.50 bits per heavy atom. The van der Waals surface area contributed by atoms with Crippen LogP contribution in [0.15, 0.2) is 12.7 Å². The van der Waals surface area contributed by atoms with Gasteiger partial charge in [-0.05, 0) is 0 Å². The van der Waals surface area contributed by atoms with Crippen molar-refractivity contribution in [1.82, 2.24) is 0 Å². The fraction of sp³-hybridized carbons (Fsp3) is 0.400. The highest BCUT2D eigenvalue weighted by molar-refractivity contribution is 7.47. The van der Waals surface area contributed by atoms with E-state index in [4.69, 9.17) is 10.00 Å². The molecule has 70 valence electrons. The zero-order valence-electron chi connectivity index (χ0n) is 6.17. The van der Waals surface area contributed by atoms with Gasteiger partial charge in [0.1, 0.15) is 0 Å². The summed E-state index contributed by atoms with van der Waals surface area (Å²) in [6.07, 6.45) is 0.833. The van der Waals surface area contributed by atoms with Crippen molar-refractivity contribution < 1.29 is 28.4 Å². The van der Waals surface area contributed by atoms with Crippen LogP contribution < -0.4 is 0 Å². The summed E-state index contributed by atoms with van der Waals surface area (Å²) >= 11 is 0. The Bertz CT molecular complexity index is 202. The minimum Gasteiger partial charge on any atom is -0.478 e.